The molecule has 0 radical (unpaired) electrons. The Labute approximate surface area is 166 Å². The minimum Gasteiger partial charge on any atom is -0.465 e. The van der Waals surface area contributed by atoms with E-state index in [1.54, 1.807) is 6.07 Å². The first-order valence-corrected chi connectivity index (χ1v) is 9.60. The van der Waals surface area contributed by atoms with Crippen LogP contribution < -0.4 is 5.32 Å². The molecule has 0 aliphatic carbocycles. The molecule has 3 aromatic carbocycles. The van der Waals surface area contributed by atoms with E-state index in [1.807, 2.05) is 72.1 Å². The SMILES string of the molecule is COC(=O)c1c(-c2ccccc2)csc1NC(=O)c1ccc2ccccc2c1. The number of esters is 1. The lowest BCUT2D eigenvalue weighted by Gasteiger charge is -2.08. The third-order valence-electron chi connectivity index (χ3n) is 4.50. The van der Waals surface area contributed by atoms with Crippen molar-refractivity contribution in [1.29, 1.82) is 0 Å². The molecule has 1 N–H and O–H groups in total. The van der Waals surface area contributed by atoms with E-state index in [0.717, 1.165) is 21.9 Å². The van der Waals surface area contributed by atoms with Crippen LogP contribution in [0, 0.1) is 0 Å². The van der Waals surface area contributed by atoms with Crippen LogP contribution in [0.15, 0.2) is 78.2 Å². The third-order valence-corrected chi connectivity index (χ3v) is 5.40. The van der Waals surface area contributed by atoms with Crippen molar-refractivity contribution in [1.82, 2.24) is 0 Å². The summed E-state index contributed by atoms with van der Waals surface area (Å²) in [5.74, 6) is -0.744. The summed E-state index contributed by atoms with van der Waals surface area (Å²) >= 11 is 1.31. The van der Waals surface area contributed by atoms with E-state index in [9.17, 15) is 9.59 Å². The van der Waals surface area contributed by atoms with Gasteiger partial charge in [0.05, 0.1) is 7.11 Å². The number of carbonyl (C=O) groups is 2. The first-order chi connectivity index (χ1) is 13.7. The number of fused-ring (bicyclic) bond motifs is 1. The highest BCUT2D eigenvalue weighted by Crippen LogP contribution is 2.36. The van der Waals surface area contributed by atoms with Crippen molar-refractivity contribution in [3.63, 3.8) is 0 Å². The fourth-order valence-electron chi connectivity index (χ4n) is 3.09. The maximum atomic E-state index is 12.8. The number of thiophene rings is 1. The Hall–Kier alpha value is -3.44. The zero-order valence-corrected chi connectivity index (χ0v) is 16.0. The molecule has 28 heavy (non-hydrogen) atoms. The van der Waals surface area contributed by atoms with Crippen LogP contribution in [0.3, 0.4) is 0 Å². The monoisotopic (exact) mass is 387 g/mol. The predicted molar refractivity (Wildman–Crippen MR) is 113 cm³/mol. The van der Waals surface area contributed by atoms with E-state index < -0.39 is 5.97 Å². The van der Waals surface area contributed by atoms with Crippen LogP contribution in [0.4, 0.5) is 5.00 Å². The van der Waals surface area contributed by atoms with Gasteiger partial charge in [0, 0.05) is 16.5 Å². The van der Waals surface area contributed by atoms with Gasteiger partial charge in [0.1, 0.15) is 10.6 Å². The maximum Gasteiger partial charge on any atom is 0.341 e. The van der Waals surface area contributed by atoms with Crippen molar-refractivity contribution in [3.8, 4) is 11.1 Å². The molecule has 1 amide bonds. The quantitative estimate of drug-likeness (QED) is 0.463. The predicted octanol–water partition coefficient (Wildman–Crippen LogP) is 5.61. The molecule has 0 bridgehead atoms. The van der Waals surface area contributed by atoms with E-state index in [2.05, 4.69) is 5.32 Å². The average molecular weight is 387 g/mol. The van der Waals surface area contributed by atoms with E-state index in [4.69, 9.17) is 4.74 Å². The van der Waals surface area contributed by atoms with Gasteiger partial charge in [-0.2, -0.15) is 0 Å². The summed E-state index contributed by atoms with van der Waals surface area (Å²) in [5, 5.41) is 7.26. The maximum absolute atomic E-state index is 12.8. The molecule has 0 saturated carbocycles. The van der Waals surface area contributed by atoms with Gasteiger partial charge >= 0.3 is 5.97 Å². The molecule has 0 saturated heterocycles. The standard InChI is InChI=1S/C23H17NO3S/c1-27-23(26)20-19(16-8-3-2-4-9-16)14-28-22(20)24-21(25)18-12-11-15-7-5-6-10-17(15)13-18/h2-14H,1H3,(H,24,25). The molecular formula is C23H17NO3S. The topological polar surface area (TPSA) is 55.4 Å². The number of ether oxygens (including phenoxy) is 1. The van der Waals surface area contributed by atoms with Crippen molar-refractivity contribution >= 4 is 39.0 Å². The third kappa shape index (κ3) is 3.40. The molecule has 4 rings (SSSR count). The number of benzene rings is 3. The van der Waals surface area contributed by atoms with Gasteiger partial charge < -0.3 is 10.1 Å². The van der Waals surface area contributed by atoms with Gasteiger partial charge in [-0.25, -0.2) is 4.79 Å². The number of hydrogen-bond acceptors (Lipinski definition) is 4. The second-order valence-corrected chi connectivity index (χ2v) is 7.11. The van der Waals surface area contributed by atoms with Crippen molar-refractivity contribution in [3.05, 3.63) is 89.3 Å². The summed E-state index contributed by atoms with van der Waals surface area (Å²) in [4.78, 5) is 25.2. The van der Waals surface area contributed by atoms with E-state index in [0.29, 0.717) is 16.1 Å². The zero-order chi connectivity index (χ0) is 19.5. The van der Waals surface area contributed by atoms with Crippen LogP contribution in [0.1, 0.15) is 20.7 Å². The van der Waals surface area contributed by atoms with Gasteiger partial charge in [0.2, 0.25) is 0 Å². The summed E-state index contributed by atoms with van der Waals surface area (Å²) < 4.78 is 4.96. The molecule has 0 unspecified atom stereocenters. The zero-order valence-electron chi connectivity index (χ0n) is 15.1. The van der Waals surface area contributed by atoms with E-state index in [1.165, 1.54) is 18.4 Å². The molecule has 0 atom stereocenters. The fourth-order valence-corrected chi connectivity index (χ4v) is 4.04. The van der Waals surface area contributed by atoms with Crippen LogP contribution >= 0.6 is 11.3 Å². The second-order valence-electron chi connectivity index (χ2n) is 6.23. The molecular weight excluding hydrogens is 370 g/mol. The Morgan fingerprint density at radius 3 is 2.36 bits per heavy atom. The summed E-state index contributed by atoms with van der Waals surface area (Å²) in [6.07, 6.45) is 0. The highest BCUT2D eigenvalue weighted by atomic mass is 32.1. The van der Waals surface area contributed by atoms with E-state index in [-0.39, 0.29) is 5.91 Å². The molecule has 4 nitrogen and oxygen atoms in total. The molecule has 0 aliphatic rings. The second kappa shape index (κ2) is 7.66. The number of hydrogen-bond donors (Lipinski definition) is 1. The normalized spacial score (nSPS) is 10.6. The average Bonchev–Trinajstić information content (AvgIpc) is 3.17. The fraction of sp³-hybridized carbons (Fsp3) is 0.0435. The van der Waals surface area contributed by atoms with Gasteiger partial charge in [0.15, 0.2) is 0 Å². The molecule has 0 spiro atoms. The highest BCUT2D eigenvalue weighted by molar-refractivity contribution is 7.15. The van der Waals surface area contributed by atoms with E-state index >= 15 is 0 Å². The van der Waals surface area contributed by atoms with Crippen molar-refractivity contribution in [2.75, 3.05) is 12.4 Å². The lowest BCUT2D eigenvalue weighted by atomic mass is 10.0. The lowest BCUT2D eigenvalue weighted by Crippen LogP contribution is -2.14. The van der Waals surface area contributed by atoms with Crippen molar-refractivity contribution < 1.29 is 14.3 Å². The van der Waals surface area contributed by atoms with Gasteiger partial charge in [-0.15, -0.1) is 11.3 Å². The van der Waals surface area contributed by atoms with Crippen molar-refractivity contribution in [2.45, 2.75) is 0 Å². The highest BCUT2D eigenvalue weighted by Gasteiger charge is 2.22. The van der Waals surface area contributed by atoms with Crippen LogP contribution in [-0.2, 0) is 4.74 Å². The minimum atomic E-state index is -0.478. The number of methoxy groups -OCH3 is 1. The number of amides is 1. The first kappa shape index (κ1) is 17.9. The largest absolute Gasteiger partial charge is 0.465 e. The minimum absolute atomic E-state index is 0.266. The summed E-state index contributed by atoms with van der Waals surface area (Å²) in [6, 6.07) is 22.9. The smallest absolute Gasteiger partial charge is 0.341 e. The molecule has 5 heteroatoms. The van der Waals surface area contributed by atoms with Gasteiger partial charge in [0.25, 0.3) is 5.91 Å². The van der Waals surface area contributed by atoms with Crippen LogP contribution in [0.5, 0.6) is 0 Å². The molecule has 0 fully saturated rings. The number of rotatable bonds is 4. The van der Waals surface area contributed by atoms with Gasteiger partial charge in [-0.3, -0.25) is 4.79 Å². The number of anilines is 1. The Bertz CT molecular complexity index is 1160. The Balaban J connectivity index is 1.69. The van der Waals surface area contributed by atoms with Gasteiger partial charge in [-0.05, 0) is 28.5 Å². The lowest BCUT2D eigenvalue weighted by molar-refractivity contribution is 0.0603. The first-order valence-electron chi connectivity index (χ1n) is 8.73. The number of nitrogens with one attached hydrogen (secondary N) is 1. The van der Waals surface area contributed by atoms with Crippen LogP contribution in [-0.4, -0.2) is 19.0 Å². The number of carbonyl (C=O) groups excluding carboxylic acids is 2. The Morgan fingerprint density at radius 2 is 1.61 bits per heavy atom. The van der Waals surface area contributed by atoms with Crippen LogP contribution in [0.25, 0.3) is 21.9 Å². The Morgan fingerprint density at radius 1 is 0.893 bits per heavy atom. The summed E-state index contributed by atoms with van der Waals surface area (Å²) in [5.41, 5.74) is 2.54. The molecule has 4 aromatic rings. The van der Waals surface area contributed by atoms with Crippen molar-refractivity contribution in [2.24, 2.45) is 0 Å². The molecule has 1 heterocycles. The summed E-state index contributed by atoms with van der Waals surface area (Å²) in [6.45, 7) is 0. The molecule has 0 aliphatic heterocycles. The van der Waals surface area contributed by atoms with Crippen LogP contribution in [0.2, 0.25) is 0 Å². The van der Waals surface area contributed by atoms with Gasteiger partial charge in [-0.1, -0.05) is 60.7 Å². The Kier molecular flexibility index (Phi) is 4.91. The molecule has 1 aromatic heterocycles. The summed E-state index contributed by atoms with van der Waals surface area (Å²) in [7, 11) is 1.34. The molecule has 138 valence electrons.